The van der Waals surface area contributed by atoms with E-state index in [1.807, 2.05) is 0 Å². The lowest BCUT2D eigenvalue weighted by Crippen LogP contribution is -2.28. The van der Waals surface area contributed by atoms with Gasteiger partial charge in [-0.15, -0.1) is 0 Å². The predicted molar refractivity (Wildman–Crippen MR) is 69.4 cm³/mol. The van der Waals surface area contributed by atoms with Crippen molar-refractivity contribution in [3.05, 3.63) is 11.9 Å². The van der Waals surface area contributed by atoms with Crippen molar-refractivity contribution < 1.29 is 0 Å². The summed E-state index contributed by atoms with van der Waals surface area (Å²) in [6.45, 7) is 7.71. The summed E-state index contributed by atoms with van der Waals surface area (Å²) in [5, 5.41) is 3.39. The Balaban J connectivity index is 1.87. The van der Waals surface area contributed by atoms with Gasteiger partial charge in [-0.05, 0) is 39.7 Å². The number of aryl methyl sites for hydroxylation is 1. The van der Waals surface area contributed by atoms with Gasteiger partial charge in [0.15, 0.2) is 0 Å². The molecule has 0 aliphatic carbocycles. The molecule has 0 aromatic carbocycles. The van der Waals surface area contributed by atoms with Crippen LogP contribution in [0.1, 0.15) is 37.9 Å². The van der Waals surface area contributed by atoms with Crippen molar-refractivity contribution in [3.63, 3.8) is 0 Å². The molecule has 3 heterocycles. The van der Waals surface area contributed by atoms with Crippen LogP contribution in [0.5, 0.6) is 0 Å². The molecule has 0 radical (unpaired) electrons. The molecule has 4 nitrogen and oxygen atoms in total. The molecule has 1 aromatic rings. The highest BCUT2D eigenvalue weighted by molar-refractivity contribution is 5.30. The Morgan fingerprint density at radius 2 is 2.24 bits per heavy atom. The molecule has 2 aliphatic heterocycles. The maximum Gasteiger partial charge on any atom is 0.203 e. The first-order chi connectivity index (χ1) is 8.29. The SMILES string of the molecule is CCNc1nc(C)cn1C1CCN2CCCC12. The quantitative estimate of drug-likeness (QED) is 0.868. The predicted octanol–water partition coefficient (Wildman–Crippen LogP) is 2.03. The first-order valence-electron chi connectivity index (χ1n) is 6.83. The van der Waals surface area contributed by atoms with Gasteiger partial charge in [-0.1, -0.05) is 0 Å². The van der Waals surface area contributed by atoms with Crippen molar-refractivity contribution >= 4 is 5.95 Å². The third-order valence-corrected chi connectivity index (χ3v) is 4.12. The van der Waals surface area contributed by atoms with E-state index in [0.29, 0.717) is 6.04 Å². The van der Waals surface area contributed by atoms with E-state index in [1.165, 1.54) is 32.4 Å². The van der Waals surface area contributed by atoms with Gasteiger partial charge in [0, 0.05) is 25.3 Å². The third-order valence-electron chi connectivity index (χ3n) is 4.12. The van der Waals surface area contributed by atoms with Crippen LogP contribution in [-0.4, -0.2) is 40.1 Å². The monoisotopic (exact) mass is 234 g/mol. The number of fused-ring (bicyclic) bond motifs is 1. The molecular weight excluding hydrogens is 212 g/mol. The van der Waals surface area contributed by atoms with E-state index in [4.69, 9.17) is 0 Å². The fourth-order valence-corrected chi connectivity index (χ4v) is 3.44. The zero-order valence-corrected chi connectivity index (χ0v) is 10.8. The summed E-state index contributed by atoms with van der Waals surface area (Å²) in [5.74, 6) is 1.06. The number of imidazole rings is 1. The lowest BCUT2D eigenvalue weighted by molar-refractivity contribution is 0.291. The van der Waals surface area contributed by atoms with Gasteiger partial charge in [-0.2, -0.15) is 0 Å². The minimum atomic E-state index is 0.632. The summed E-state index contributed by atoms with van der Waals surface area (Å²) >= 11 is 0. The molecule has 4 heteroatoms. The van der Waals surface area contributed by atoms with E-state index in [9.17, 15) is 0 Å². The number of nitrogens with one attached hydrogen (secondary N) is 1. The maximum absolute atomic E-state index is 4.59. The Morgan fingerprint density at radius 1 is 1.35 bits per heavy atom. The van der Waals surface area contributed by atoms with Crippen molar-refractivity contribution in [1.29, 1.82) is 0 Å². The standard InChI is InChI=1S/C13H22N4/c1-3-14-13-15-10(2)9-17(13)12-6-8-16-7-4-5-11(12)16/h9,11-12H,3-8H2,1-2H3,(H,14,15). The van der Waals surface area contributed by atoms with Crippen LogP contribution >= 0.6 is 0 Å². The van der Waals surface area contributed by atoms with Crippen LogP contribution in [-0.2, 0) is 0 Å². The van der Waals surface area contributed by atoms with Gasteiger partial charge in [0.2, 0.25) is 5.95 Å². The second-order valence-corrected chi connectivity index (χ2v) is 5.25. The van der Waals surface area contributed by atoms with Crippen molar-refractivity contribution in [2.24, 2.45) is 0 Å². The highest BCUT2D eigenvalue weighted by atomic mass is 15.3. The van der Waals surface area contributed by atoms with Crippen molar-refractivity contribution in [3.8, 4) is 0 Å². The smallest absolute Gasteiger partial charge is 0.203 e. The average Bonchev–Trinajstić information content (AvgIpc) is 2.93. The molecule has 2 aliphatic rings. The van der Waals surface area contributed by atoms with Gasteiger partial charge in [-0.3, -0.25) is 4.90 Å². The molecule has 2 atom stereocenters. The Kier molecular flexibility index (Phi) is 2.82. The van der Waals surface area contributed by atoms with Crippen LogP contribution in [0.2, 0.25) is 0 Å². The topological polar surface area (TPSA) is 33.1 Å². The Hall–Kier alpha value is -1.03. The normalized spacial score (nSPS) is 28.6. The number of rotatable bonds is 3. The fourth-order valence-electron chi connectivity index (χ4n) is 3.44. The summed E-state index contributed by atoms with van der Waals surface area (Å²) in [4.78, 5) is 7.24. The summed E-state index contributed by atoms with van der Waals surface area (Å²) < 4.78 is 2.38. The van der Waals surface area contributed by atoms with Crippen LogP contribution in [0, 0.1) is 6.92 Å². The van der Waals surface area contributed by atoms with Crippen LogP contribution in [0.4, 0.5) is 5.95 Å². The molecule has 2 fully saturated rings. The molecule has 2 unspecified atom stereocenters. The lowest BCUT2D eigenvalue weighted by Gasteiger charge is -2.23. The van der Waals surface area contributed by atoms with E-state index in [0.717, 1.165) is 24.2 Å². The van der Waals surface area contributed by atoms with Gasteiger partial charge in [0.05, 0.1) is 11.7 Å². The fraction of sp³-hybridized carbons (Fsp3) is 0.769. The van der Waals surface area contributed by atoms with Gasteiger partial charge < -0.3 is 9.88 Å². The Labute approximate surface area is 103 Å². The van der Waals surface area contributed by atoms with Gasteiger partial charge in [-0.25, -0.2) is 4.98 Å². The molecule has 2 saturated heterocycles. The lowest BCUT2D eigenvalue weighted by atomic mass is 10.1. The van der Waals surface area contributed by atoms with Gasteiger partial charge >= 0.3 is 0 Å². The van der Waals surface area contributed by atoms with E-state index >= 15 is 0 Å². The second-order valence-electron chi connectivity index (χ2n) is 5.25. The van der Waals surface area contributed by atoms with Crippen molar-refractivity contribution in [2.75, 3.05) is 25.0 Å². The largest absolute Gasteiger partial charge is 0.356 e. The zero-order valence-electron chi connectivity index (χ0n) is 10.8. The number of hydrogen-bond donors (Lipinski definition) is 1. The third kappa shape index (κ3) is 1.84. The number of aromatic nitrogens is 2. The molecule has 1 N–H and O–H groups in total. The van der Waals surface area contributed by atoms with Crippen LogP contribution in [0.3, 0.4) is 0 Å². The van der Waals surface area contributed by atoms with Crippen LogP contribution < -0.4 is 5.32 Å². The van der Waals surface area contributed by atoms with E-state index in [-0.39, 0.29) is 0 Å². The number of anilines is 1. The minimum Gasteiger partial charge on any atom is -0.356 e. The summed E-state index contributed by atoms with van der Waals surface area (Å²) in [5.41, 5.74) is 1.12. The number of nitrogens with zero attached hydrogens (tertiary/aromatic N) is 3. The van der Waals surface area contributed by atoms with Crippen molar-refractivity contribution in [2.45, 2.75) is 45.2 Å². The Morgan fingerprint density at radius 3 is 3.06 bits per heavy atom. The highest BCUT2D eigenvalue weighted by Gasteiger charge is 2.38. The maximum atomic E-state index is 4.59. The van der Waals surface area contributed by atoms with E-state index < -0.39 is 0 Å². The zero-order chi connectivity index (χ0) is 11.8. The summed E-state index contributed by atoms with van der Waals surface area (Å²) in [6, 6.07) is 1.38. The molecule has 1 aromatic heterocycles. The summed E-state index contributed by atoms with van der Waals surface area (Å²) in [7, 11) is 0. The average molecular weight is 234 g/mol. The summed E-state index contributed by atoms with van der Waals surface area (Å²) in [6.07, 6.45) is 6.21. The molecule has 0 spiro atoms. The molecule has 0 bridgehead atoms. The minimum absolute atomic E-state index is 0.632. The molecule has 0 amide bonds. The number of hydrogen-bond acceptors (Lipinski definition) is 3. The van der Waals surface area contributed by atoms with Crippen LogP contribution in [0.25, 0.3) is 0 Å². The molecule has 94 valence electrons. The van der Waals surface area contributed by atoms with Crippen LogP contribution in [0.15, 0.2) is 6.20 Å². The highest BCUT2D eigenvalue weighted by Crippen LogP contribution is 2.37. The van der Waals surface area contributed by atoms with Gasteiger partial charge in [0.25, 0.3) is 0 Å². The molecular formula is C13H22N4. The van der Waals surface area contributed by atoms with E-state index in [1.54, 1.807) is 0 Å². The van der Waals surface area contributed by atoms with E-state index in [2.05, 4.69) is 39.8 Å². The molecule has 3 rings (SSSR count). The Bertz CT molecular complexity index is 398. The van der Waals surface area contributed by atoms with Gasteiger partial charge in [0.1, 0.15) is 0 Å². The van der Waals surface area contributed by atoms with Crippen molar-refractivity contribution in [1.82, 2.24) is 14.5 Å². The first-order valence-corrected chi connectivity index (χ1v) is 6.83. The first kappa shape index (κ1) is 11.1. The molecule has 17 heavy (non-hydrogen) atoms. The second kappa shape index (κ2) is 4.33. The molecule has 0 saturated carbocycles.